The summed E-state index contributed by atoms with van der Waals surface area (Å²) in [5, 5.41) is 10.8. The summed E-state index contributed by atoms with van der Waals surface area (Å²) in [7, 11) is 0. The van der Waals surface area contributed by atoms with Crippen LogP contribution in [-0.4, -0.2) is 10.1 Å². The first-order valence-electron chi connectivity index (χ1n) is 5.39. The Morgan fingerprint density at radius 3 is 2.89 bits per heavy atom. The summed E-state index contributed by atoms with van der Waals surface area (Å²) >= 11 is 9.43. The van der Waals surface area contributed by atoms with Crippen LogP contribution in [0.1, 0.15) is 17.2 Å². The van der Waals surface area contributed by atoms with Crippen LogP contribution in [0.3, 0.4) is 0 Å². The molecule has 2 aromatic rings. The van der Waals surface area contributed by atoms with Crippen LogP contribution in [0.2, 0.25) is 5.02 Å². The Bertz CT molecular complexity index is 562. The number of aromatic nitrogens is 1. The maximum Gasteiger partial charge on any atom is 0.0846 e. The molecule has 0 saturated heterocycles. The van der Waals surface area contributed by atoms with Crippen molar-refractivity contribution in [3.05, 3.63) is 57.3 Å². The largest absolute Gasteiger partial charge is 0.398 e. The fourth-order valence-electron chi connectivity index (χ4n) is 1.70. The third-order valence-electron chi connectivity index (χ3n) is 2.67. The predicted molar refractivity (Wildman–Crippen MR) is 76.5 cm³/mol. The zero-order chi connectivity index (χ0) is 13.1. The molecule has 0 amide bonds. The van der Waals surface area contributed by atoms with E-state index >= 15 is 0 Å². The molecule has 0 aliphatic carbocycles. The molecule has 1 aromatic carbocycles. The molecule has 18 heavy (non-hydrogen) atoms. The van der Waals surface area contributed by atoms with Gasteiger partial charge >= 0.3 is 0 Å². The standard InChI is InChI=1S/C13H12BrClN2O/c14-9-1-2-11(15)10(6-9)13(18)5-8-7-17-4-3-12(8)16/h1-4,6-7,13,18H,5H2,(H2,16,17). The first-order chi connectivity index (χ1) is 8.58. The first-order valence-corrected chi connectivity index (χ1v) is 6.56. The van der Waals surface area contributed by atoms with Crippen LogP contribution in [0.15, 0.2) is 41.1 Å². The molecule has 0 aliphatic rings. The molecule has 0 saturated carbocycles. The van der Waals surface area contributed by atoms with Crippen molar-refractivity contribution in [1.82, 2.24) is 4.98 Å². The van der Waals surface area contributed by atoms with Gasteiger partial charge in [0.1, 0.15) is 0 Å². The minimum absolute atomic E-state index is 0.385. The first kappa shape index (κ1) is 13.3. The summed E-state index contributed by atoms with van der Waals surface area (Å²) in [6, 6.07) is 7.10. The van der Waals surface area contributed by atoms with E-state index in [1.165, 1.54) is 0 Å². The van der Waals surface area contributed by atoms with Gasteiger partial charge in [-0.15, -0.1) is 0 Å². The third kappa shape index (κ3) is 3.02. The molecule has 3 nitrogen and oxygen atoms in total. The van der Waals surface area contributed by atoms with E-state index in [0.717, 1.165) is 10.0 Å². The summed E-state index contributed by atoms with van der Waals surface area (Å²) in [5.41, 5.74) is 7.92. The molecule has 0 fully saturated rings. The highest BCUT2D eigenvalue weighted by Crippen LogP contribution is 2.29. The second kappa shape index (κ2) is 5.69. The molecule has 0 bridgehead atoms. The number of nitrogens with two attached hydrogens (primary N) is 1. The van der Waals surface area contributed by atoms with Crippen molar-refractivity contribution < 1.29 is 5.11 Å². The highest BCUT2D eigenvalue weighted by molar-refractivity contribution is 9.10. The number of pyridine rings is 1. The van der Waals surface area contributed by atoms with Gasteiger partial charge in [-0.05, 0) is 29.8 Å². The minimum Gasteiger partial charge on any atom is -0.398 e. The average Bonchev–Trinajstić information content (AvgIpc) is 2.35. The fourth-order valence-corrected chi connectivity index (χ4v) is 2.32. The molecule has 0 aliphatic heterocycles. The quantitative estimate of drug-likeness (QED) is 0.909. The predicted octanol–water partition coefficient (Wildman–Crippen LogP) is 3.36. The highest BCUT2D eigenvalue weighted by atomic mass is 79.9. The van der Waals surface area contributed by atoms with Crippen LogP contribution >= 0.6 is 27.5 Å². The monoisotopic (exact) mass is 326 g/mol. The Morgan fingerprint density at radius 2 is 2.17 bits per heavy atom. The zero-order valence-corrected chi connectivity index (χ0v) is 11.8. The van der Waals surface area contributed by atoms with Crippen LogP contribution in [0, 0.1) is 0 Å². The maximum absolute atomic E-state index is 10.2. The Balaban J connectivity index is 2.25. The third-order valence-corrected chi connectivity index (χ3v) is 3.51. The Hall–Kier alpha value is -1.10. The number of aliphatic hydroxyl groups is 1. The second-order valence-electron chi connectivity index (χ2n) is 3.96. The van der Waals surface area contributed by atoms with E-state index in [2.05, 4.69) is 20.9 Å². The fraction of sp³-hybridized carbons (Fsp3) is 0.154. The number of anilines is 1. The van der Waals surface area contributed by atoms with E-state index in [4.69, 9.17) is 17.3 Å². The molecule has 5 heteroatoms. The van der Waals surface area contributed by atoms with Crippen molar-refractivity contribution in [3.8, 4) is 0 Å². The number of hydrogen-bond acceptors (Lipinski definition) is 3. The molecule has 1 atom stereocenters. The van der Waals surface area contributed by atoms with Crippen LogP contribution in [0.25, 0.3) is 0 Å². The van der Waals surface area contributed by atoms with Crippen molar-refractivity contribution in [2.24, 2.45) is 0 Å². The lowest BCUT2D eigenvalue weighted by Gasteiger charge is -2.14. The number of nitrogens with zero attached hydrogens (tertiary/aromatic N) is 1. The molecule has 0 radical (unpaired) electrons. The summed E-state index contributed by atoms with van der Waals surface area (Å²) in [6.07, 6.45) is 2.96. The van der Waals surface area contributed by atoms with E-state index in [1.54, 1.807) is 30.6 Å². The SMILES string of the molecule is Nc1ccncc1CC(O)c1cc(Br)ccc1Cl. The van der Waals surface area contributed by atoms with Crippen molar-refractivity contribution in [2.75, 3.05) is 5.73 Å². The highest BCUT2D eigenvalue weighted by Gasteiger charge is 2.14. The van der Waals surface area contributed by atoms with Gasteiger partial charge in [0.15, 0.2) is 0 Å². The molecule has 0 spiro atoms. The topological polar surface area (TPSA) is 59.1 Å². The second-order valence-corrected chi connectivity index (χ2v) is 5.28. The van der Waals surface area contributed by atoms with E-state index in [-0.39, 0.29) is 0 Å². The van der Waals surface area contributed by atoms with Crippen LogP contribution in [0.5, 0.6) is 0 Å². The van der Waals surface area contributed by atoms with Gasteiger partial charge in [0.05, 0.1) is 6.10 Å². The number of hydrogen-bond donors (Lipinski definition) is 2. The summed E-state index contributed by atoms with van der Waals surface area (Å²) in [4.78, 5) is 4.00. The van der Waals surface area contributed by atoms with E-state index in [1.807, 2.05) is 6.07 Å². The molecular weight excluding hydrogens is 316 g/mol. The summed E-state index contributed by atoms with van der Waals surface area (Å²) in [6.45, 7) is 0. The van der Waals surface area contributed by atoms with E-state index in [9.17, 15) is 5.11 Å². The van der Waals surface area contributed by atoms with Crippen molar-refractivity contribution in [3.63, 3.8) is 0 Å². The van der Waals surface area contributed by atoms with Gasteiger partial charge in [0.2, 0.25) is 0 Å². The molecule has 94 valence electrons. The van der Waals surface area contributed by atoms with Crippen LogP contribution < -0.4 is 5.73 Å². The van der Waals surface area contributed by atoms with Gasteiger partial charge < -0.3 is 10.8 Å². The minimum atomic E-state index is -0.707. The van der Waals surface area contributed by atoms with Gasteiger partial charge in [-0.2, -0.15) is 0 Å². The number of halogens is 2. The molecule has 2 rings (SSSR count). The molecular formula is C13H12BrClN2O. The number of nitrogen functional groups attached to an aromatic ring is 1. The molecule has 3 N–H and O–H groups in total. The van der Waals surface area contributed by atoms with E-state index in [0.29, 0.717) is 22.7 Å². The maximum atomic E-state index is 10.2. The number of benzene rings is 1. The lowest BCUT2D eigenvalue weighted by molar-refractivity contribution is 0.178. The number of aliphatic hydroxyl groups excluding tert-OH is 1. The van der Waals surface area contributed by atoms with Crippen LogP contribution in [0.4, 0.5) is 5.69 Å². The van der Waals surface area contributed by atoms with Crippen LogP contribution in [-0.2, 0) is 6.42 Å². The Kier molecular flexibility index (Phi) is 4.22. The van der Waals surface area contributed by atoms with Gasteiger partial charge in [-0.1, -0.05) is 27.5 Å². The molecule has 1 unspecified atom stereocenters. The van der Waals surface area contributed by atoms with Crippen molar-refractivity contribution in [2.45, 2.75) is 12.5 Å². The average molecular weight is 328 g/mol. The lowest BCUT2D eigenvalue weighted by atomic mass is 10.0. The van der Waals surface area contributed by atoms with Crippen molar-refractivity contribution >= 4 is 33.2 Å². The van der Waals surface area contributed by atoms with E-state index < -0.39 is 6.10 Å². The van der Waals surface area contributed by atoms with Gasteiger partial charge in [0, 0.05) is 39.6 Å². The zero-order valence-electron chi connectivity index (χ0n) is 9.48. The summed E-state index contributed by atoms with van der Waals surface area (Å²) in [5.74, 6) is 0. The molecule has 1 aromatic heterocycles. The smallest absolute Gasteiger partial charge is 0.0846 e. The van der Waals surface area contributed by atoms with Gasteiger partial charge in [0.25, 0.3) is 0 Å². The number of rotatable bonds is 3. The van der Waals surface area contributed by atoms with Crippen molar-refractivity contribution in [1.29, 1.82) is 0 Å². The lowest BCUT2D eigenvalue weighted by Crippen LogP contribution is -2.05. The summed E-state index contributed by atoms with van der Waals surface area (Å²) < 4.78 is 0.875. The van der Waals surface area contributed by atoms with Gasteiger partial charge in [-0.3, -0.25) is 4.98 Å². The normalized spacial score (nSPS) is 12.4. The molecule has 1 heterocycles. The Morgan fingerprint density at radius 1 is 1.39 bits per heavy atom. The van der Waals surface area contributed by atoms with Gasteiger partial charge in [-0.25, -0.2) is 0 Å². The Labute approximate surface area is 119 Å².